The van der Waals surface area contributed by atoms with Gasteiger partial charge in [0.15, 0.2) is 0 Å². The number of nitrogens with zero attached hydrogens (tertiary/aromatic N) is 1. The van der Waals surface area contributed by atoms with Gasteiger partial charge in [-0.05, 0) is 37.5 Å². The minimum absolute atomic E-state index is 0.169. The van der Waals surface area contributed by atoms with Gasteiger partial charge in [0, 0.05) is 36.3 Å². The third-order valence-electron chi connectivity index (χ3n) is 3.87. The Balaban J connectivity index is 1.81. The van der Waals surface area contributed by atoms with Crippen molar-refractivity contribution in [3.63, 3.8) is 0 Å². The molecule has 1 aliphatic rings. The quantitative estimate of drug-likeness (QED) is 0.843. The number of benzene rings is 1. The van der Waals surface area contributed by atoms with Crippen molar-refractivity contribution in [3.8, 4) is 0 Å². The maximum absolute atomic E-state index is 12.0. The van der Waals surface area contributed by atoms with Crippen molar-refractivity contribution in [2.75, 3.05) is 24.5 Å². The highest BCUT2D eigenvalue weighted by atomic mass is 35.5. The van der Waals surface area contributed by atoms with Crippen molar-refractivity contribution in [1.29, 1.82) is 0 Å². The van der Waals surface area contributed by atoms with E-state index in [1.54, 1.807) is 0 Å². The van der Waals surface area contributed by atoms with Crippen molar-refractivity contribution in [3.05, 3.63) is 29.3 Å². The summed E-state index contributed by atoms with van der Waals surface area (Å²) in [5.74, 6) is 0.395. The van der Waals surface area contributed by atoms with Crippen LogP contribution in [0.2, 0.25) is 5.02 Å². The summed E-state index contributed by atoms with van der Waals surface area (Å²) in [5, 5.41) is 3.80. The van der Waals surface area contributed by atoms with E-state index in [1.165, 1.54) is 0 Å². The van der Waals surface area contributed by atoms with E-state index < -0.39 is 0 Å². The Morgan fingerprint density at radius 2 is 2.15 bits per heavy atom. The highest BCUT2D eigenvalue weighted by Gasteiger charge is 2.24. The molecule has 0 aromatic heterocycles. The van der Waals surface area contributed by atoms with E-state index in [0.29, 0.717) is 0 Å². The molecule has 3 nitrogen and oxygen atoms in total. The molecule has 1 N–H and O–H groups in total. The summed E-state index contributed by atoms with van der Waals surface area (Å²) in [4.78, 5) is 14.3. The van der Waals surface area contributed by atoms with Crippen molar-refractivity contribution < 1.29 is 4.79 Å². The maximum atomic E-state index is 12.0. The smallest absolute Gasteiger partial charge is 0.223 e. The third kappa shape index (κ3) is 4.14. The van der Waals surface area contributed by atoms with Crippen molar-refractivity contribution in [2.45, 2.75) is 32.6 Å². The second-order valence-electron chi connectivity index (χ2n) is 5.39. The van der Waals surface area contributed by atoms with Gasteiger partial charge in [0.25, 0.3) is 0 Å². The fourth-order valence-electron chi connectivity index (χ4n) is 2.61. The molecule has 1 aromatic carbocycles. The number of unbranched alkanes of at least 4 members (excludes halogenated alkanes) is 1. The number of amides is 1. The molecule has 1 amide bonds. The molecular formula is C16H23ClN2O. The van der Waals surface area contributed by atoms with Crippen LogP contribution in [0.3, 0.4) is 0 Å². The molecule has 1 aliphatic heterocycles. The van der Waals surface area contributed by atoms with Crippen LogP contribution in [-0.4, -0.2) is 25.5 Å². The zero-order valence-corrected chi connectivity index (χ0v) is 12.8. The average molecular weight is 295 g/mol. The Labute approximate surface area is 126 Å². The zero-order chi connectivity index (χ0) is 14.4. The summed E-state index contributed by atoms with van der Waals surface area (Å²) in [6.45, 7) is 4.79. The molecule has 0 aliphatic carbocycles. The fourth-order valence-corrected chi connectivity index (χ4v) is 2.79. The van der Waals surface area contributed by atoms with Crippen LogP contribution in [-0.2, 0) is 4.79 Å². The number of rotatable bonds is 5. The molecule has 0 atom stereocenters. The molecule has 110 valence electrons. The highest BCUT2D eigenvalue weighted by molar-refractivity contribution is 6.30. The van der Waals surface area contributed by atoms with Gasteiger partial charge in [-0.15, -0.1) is 0 Å². The Morgan fingerprint density at radius 1 is 1.40 bits per heavy atom. The van der Waals surface area contributed by atoms with E-state index in [4.69, 9.17) is 11.6 Å². The van der Waals surface area contributed by atoms with Crippen molar-refractivity contribution in [2.24, 2.45) is 5.92 Å². The second kappa shape index (κ2) is 7.53. The summed E-state index contributed by atoms with van der Waals surface area (Å²) in [7, 11) is 0. The molecule has 0 saturated carbocycles. The number of carbonyl (C=O) groups is 1. The van der Waals surface area contributed by atoms with Gasteiger partial charge >= 0.3 is 0 Å². The monoisotopic (exact) mass is 294 g/mol. The minimum atomic E-state index is 0.169. The summed E-state index contributed by atoms with van der Waals surface area (Å²) in [5.41, 5.74) is 1.15. The van der Waals surface area contributed by atoms with Crippen LogP contribution in [0.1, 0.15) is 32.6 Å². The normalized spacial score (nSPS) is 16.2. The van der Waals surface area contributed by atoms with Gasteiger partial charge in [-0.1, -0.05) is 31.0 Å². The predicted molar refractivity (Wildman–Crippen MR) is 84.3 cm³/mol. The number of anilines is 1. The topological polar surface area (TPSA) is 32.3 Å². The number of carbonyl (C=O) groups excluding carboxylic acids is 1. The first-order chi connectivity index (χ1) is 9.70. The van der Waals surface area contributed by atoms with E-state index in [1.807, 2.05) is 18.2 Å². The SMILES string of the molecule is CCCCNC(=O)C1CCN(c2cccc(Cl)c2)CC1. The van der Waals surface area contributed by atoms with Crippen molar-refractivity contribution in [1.82, 2.24) is 5.32 Å². The van der Waals surface area contributed by atoms with Gasteiger partial charge in [0.05, 0.1) is 0 Å². The molecule has 0 unspecified atom stereocenters. The molecular weight excluding hydrogens is 272 g/mol. The van der Waals surface area contributed by atoms with Crippen LogP contribution < -0.4 is 10.2 Å². The summed E-state index contributed by atoms with van der Waals surface area (Å²) < 4.78 is 0. The molecule has 20 heavy (non-hydrogen) atoms. The second-order valence-corrected chi connectivity index (χ2v) is 5.82. The lowest BCUT2D eigenvalue weighted by atomic mass is 9.95. The molecule has 1 saturated heterocycles. The first kappa shape index (κ1) is 15.2. The number of halogens is 1. The molecule has 1 aromatic rings. The van der Waals surface area contributed by atoms with Crippen molar-refractivity contribution >= 4 is 23.2 Å². The summed E-state index contributed by atoms with van der Waals surface area (Å²) in [6, 6.07) is 7.93. The molecule has 1 fully saturated rings. The maximum Gasteiger partial charge on any atom is 0.223 e. The van der Waals surface area contributed by atoms with E-state index in [0.717, 1.165) is 56.0 Å². The number of nitrogens with one attached hydrogen (secondary N) is 1. The average Bonchev–Trinajstić information content (AvgIpc) is 2.47. The first-order valence-corrected chi connectivity index (χ1v) is 7.86. The highest BCUT2D eigenvalue weighted by Crippen LogP contribution is 2.25. The van der Waals surface area contributed by atoms with Crippen LogP contribution in [0.15, 0.2) is 24.3 Å². The molecule has 0 spiro atoms. The number of hydrogen-bond acceptors (Lipinski definition) is 2. The summed E-state index contributed by atoms with van der Waals surface area (Å²) >= 11 is 6.02. The van der Waals surface area contributed by atoms with E-state index in [2.05, 4.69) is 23.2 Å². The fraction of sp³-hybridized carbons (Fsp3) is 0.562. The molecule has 2 rings (SSSR count). The number of piperidine rings is 1. The standard InChI is InChI=1S/C16H23ClN2O/c1-2-3-9-18-16(20)13-7-10-19(11-8-13)15-6-4-5-14(17)12-15/h4-6,12-13H,2-3,7-11H2,1H3,(H,18,20). The van der Waals surface area contributed by atoms with E-state index >= 15 is 0 Å². The first-order valence-electron chi connectivity index (χ1n) is 7.49. The lowest BCUT2D eigenvalue weighted by molar-refractivity contribution is -0.125. The Kier molecular flexibility index (Phi) is 5.72. The summed E-state index contributed by atoms with van der Waals surface area (Å²) in [6.07, 6.45) is 4.02. The molecule has 1 heterocycles. The third-order valence-corrected chi connectivity index (χ3v) is 4.10. The van der Waals surface area contributed by atoms with Gasteiger partial charge < -0.3 is 10.2 Å². The van der Waals surface area contributed by atoms with Crippen LogP contribution in [0, 0.1) is 5.92 Å². The number of hydrogen-bond donors (Lipinski definition) is 1. The lowest BCUT2D eigenvalue weighted by Crippen LogP contribution is -2.40. The van der Waals surface area contributed by atoms with Gasteiger partial charge in [-0.2, -0.15) is 0 Å². The Bertz CT molecular complexity index is 442. The molecule has 4 heteroatoms. The van der Waals surface area contributed by atoms with Gasteiger partial charge in [-0.3, -0.25) is 4.79 Å². The largest absolute Gasteiger partial charge is 0.371 e. The van der Waals surface area contributed by atoms with Gasteiger partial charge in [0.2, 0.25) is 5.91 Å². The van der Waals surface area contributed by atoms with Crippen LogP contribution in [0.4, 0.5) is 5.69 Å². The molecule has 0 bridgehead atoms. The molecule has 0 radical (unpaired) electrons. The Morgan fingerprint density at radius 3 is 2.80 bits per heavy atom. The van der Waals surface area contributed by atoms with Gasteiger partial charge in [0.1, 0.15) is 0 Å². The van der Waals surface area contributed by atoms with E-state index in [9.17, 15) is 4.79 Å². The zero-order valence-electron chi connectivity index (χ0n) is 12.1. The van der Waals surface area contributed by atoms with Crippen LogP contribution in [0.5, 0.6) is 0 Å². The van der Waals surface area contributed by atoms with Crippen LogP contribution in [0.25, 0.3) is 0 Å². The lowest BCUT2D eigenvalue weighted by Gasteiger charge is -2.33. The van der Waals surface area contributed by atoms with E-state index in [-0.39, 0.29) is 11.8 Å². The minimum Gasteiger partial charge on any atom is -0.371 e. The van der Waals surface area contributed by atoms with Gasteiger partial charge in [-0.25, -0.2) is 0 Å². The van der Waals surface area contributed by atoms with Crippen LogP contribution >= 0.6 is 11.6 Å². The Hall–Kier alpha value is -1.22. The predicted octanol–water partition coefficient (Wildman–Crippen LogP) is 3.47.